The second kappa shape index (κ2) is 5.11. The van der Waals surface area contributed by atoms with E-state index in [9.17, 15) is 24.6 Å². The smallest absolute Gasteiger partial charge is 0.497 e. The number of benzene rings is 1. The molecule has 0 unspecified atom stereocenters. The summed E-state index contributed by atoms with van der Waals surface area (Å²) in [6.45, 7) is 0. The van der Waals surface area contributed by atoms with Crippen LogP contribution >= 0.6 is 0 Å². The van der Waals surface area contributed by atoms with Gasteiger partial charge in [0.15, 0.2) is 0 Å². The average Bonchev–Trinajstić information content (AvgIpc) is 2.96. The SMILES string of the molecule is COc1ccc(-c2noc(C(F)([N+](=O)[O-])[N+](=O)[O-])n2)cc1. The van der Waals surface area contributed by atoms with Crippen LogP contribution in [-0.4, -0.2) is 27.1 Å². The third-order valence-electron chi connectivity index (χ3n) is 2.53. The molecule has 0 N–H and O–H groups in total. The van der Waals surface area contributed by atoms with Crippen LogP contribution in [0.15, 0.2) is 28.8 Å². The Kier molecular flexibility index (Phi) is 3.48. The Balaban J connectivity index is 2.40. The summed E-state index contributed by atoms with van der Waals surface area (Å²) >= 11 is 0. The van der Waals surface area contributed by atoms with Crippen LogP contribution in [0, 0.1) is 20.2 Å². The molecule has 0 aliphatic rings. The molecule has 0 atom stereocenters. The fourth-order valence-electron chi connectivity index (χ4n) is 1.43. The number of methoxy groups -OCH3 is 1. The lowest BCUT2D eigenvalue weighted by molar-refractivity contribution is -0.849. The first-order valence-electron chi connectivity index (χ1n) is 5.36. The van der Waals surface area contributed by atoms with Crippen molar-refractivity contribution in [2.24, 2.45) is 0 Å². The number of nitro groups is 2. The zero-order valence-corrected chi connectivity index (χ0v) is 10.4. The molecule has 11 heteroatoms. The van der Waals surface area contributed by atoms with Crippen LogP contribution in [-0.2, 0) is 5.92 Å². The summed E-state index contributed by atoms with van der Waals surface area (Å²) in [5.74, 6) is -5.24. The van der Waals surface area contributed by atoms with Gasteiger partial charge in [-0.25, -0.2) is 0 Å². The van der Waals surface area contributed by atoms with Crippen LogP contribution in [0.1, 0.15) is 5.89 Å². The highest BCUT2D eigenvalue weighted by molar-refractivity contribution is 5.55. The van der Waals surface area contributed by atoms with E-state index in [1.54, 1.807) is 0 Å². The van der Waals surface area contributed by atoms with Crippen molar-refractivity contribution in [3.8, 4) is 17.1 Å². The molecule has 21 heavy (non-hydrogen) atoms. The molecule has 0 saturated carbocycles. The zero-order chi connectivity index (χ0) is 15.6. The number of hydrogen-bond acceptors (Lipinski definition) is 8. The fraction of sp³-hybridized carbons (Fsp3) is 0.200. The van der Waals surface area contributed by atoms with Gasteiger partial charge in [-0.3, -0.25) is 20.2 Å². The molecule has 0 bridgehead atoms. The van der Waals surface area contributed by atoms with E-state index < -0.39 is 21.7 Å². The van der Waals surface area contributed by atoms with Crippen LogP contribution in [0.3, 0.4) is 0 Å². The van der Waals surface area contributed by atoms with E-state index in [1.165, 1.54) is 31.4 Å². The van der Waals surface area contributed by atoms with Crippen molar-refractivity contribution in [3.05, 3.63) is 50.4 Å². The van der Waals surface area contributed by atoms with Gasteiger partial charge in [0.25, 0.3) is 0 Å². The van der Waals surface area contributed by atoms with Crippen molar-refractivity contribution in [3.63, 3.8) is 0 Å². The zero-order valence-electron chi connectivity index (χ0n) is 10.4. The number of alkyl halides is 1. The first kappa shape index (κ1) is 14.3. The van der Waals surface area contributed by atoms with Gasteiger partial charge in [0, 0.05) is 5.56 Å². The van der Waals surface area contributed by atoms with Crippen molar-refractivity contribution in [1.82, 2.24) is 10.1 Å². The van der Waals surface area contributed by atoms with Gasteiger partial charge >= 0.3 is 11.8 Å². The van der Waals surface area contributed by atoms with Crippen molar-refractivity contribution < 1.29 is 23.5 Å². The van der Waals surface area contributed by atoms with Crippen LogP contribution in [0.4, 0.5) is 4.39 Å². The molecule has 2 aromatic rings. The lowest BCUT2D eigenvalue weighted by atomic mass is 10.2. The molecule has 1 aromatic carbocycles. The Morgan fingerprint density at radius 2 is 1.81 bits per heavy atom. The Labute approximate surface area is 115 Å². The van der Waals surface area contributed by atoms with Gasteiger partial charge < -0.3 is 9.26 Å². The minimum atomic E-state index is -4.18. The number of halogens is 1. The fourth-order valence-corrected chi connectivity index (χ4v) is 1.43. The summed E-state index contributed by atoms with van der Waals surface area (Å²) in [4.78, 5) is 20.9. The topological polar surface area (TPSA) is 134 Å². The summed E-state index contributed by atoms with van der Waals surface area (Å²) < 4.78 is 23.0. The van der Waals surface area contributed by atoms with Crippen LogP contribution in [0.2, 0.25) is 0 Å². The molecule has 1 aromatic heterocycles. The van der Waals surface area contributed by atoms with Crippen molar-refractivity contribution in [2.45, 2.75) is 5.92 Å². The highest BCUT2D eigenvalue weighted by Crippen LogP contribution is 2.28. The van der Waals surface area contributed by atoms with Gasteiger partial charge in [-0.15, -0.1) is 0 Å². The van der Waals surface area contributed by atoms with Gasteiger partial charge in [-0.1, -0.05) is 9.55 Å². The average molecular weight is 298 g/mol. The summed E-state index contributed by atoms with van der Waals surface area (Å²) in [6.07, 6.45) is 0. The van der Waals surface area contributed by atoms with Crippen LogP contribution < -0.4 is 4.74 Å². The number of ether oxygens (including phenoxy) is 1. The van der Waals surface area contributed by atoms with Gasteiger partial charge in [0.05, 0.1) is 7.11 Å². The summed E-state index contributed by atoms with van der Waals surface area (Å²) in [7, 11) is 1.45. The largest absolute Gasteiger partial charge is 0.697 e. The van der Waals surface area contributed by atoms with Crippen LogP contribution in [0.25, 0.3) is 11.4 Å². The maximum atomic E-state index is 13.8. The molecule has 10 nitrogen and oxygen atoms in total. The Bertz CT molecular complexity index is 671. The summed E-state index contributed by atoms with van der Waals surface area (Å²) in [5, 5.41) is 24.4. The molecule has 2 rings (SSSR count). The Morgan fingerprint density at radius 1 is 1.24 bits per heavy atom. The quantitative estimate of drug-likeness (QED) is 0.349. The van der Waals surface area contributed by atoms with E-state index in [0.29, 0.717) is 11.3 Å². The predicted octanol–water partition coefficient (Wildman–Crippen LogP) is 1.38. The maximum Gasteiger partial charge on any atom is 0.697 e. The third kappa shape index (κ3) is 2.35. The van der Waals surface area contributed by atoms with Gasteiger partial charge in [-0.2, -0.15) is 4.98 Å². The highest BCUT2D eigenvalue weighted by Gasteiger charge is 2.66. The first-order chi connectivity index (χ1) is 9.89. The first-order valence-corrected chi connectivity index (χ1v) is 5.36. The van der Waals surface area contributed by atoms with Gasteiger partial charge in [-0.05, 0) is 24.3 Å². The molecule has 0 saturated heterocycles. The molecule has 110 valence electrons. The maximum absolute atomic E-state index is 13.8. The molecule has 1 heterocycles. The van der Waals surface area contributed by atoms with E-state index in [1.807, 2.05) is 0 Å². The predicted molar refractivity (Wildman–Crippen MR) is 63.1 cm³/mol. The normalized spacial score (nSPS) is 11.1. The van der Waals surface area contributed by atoms with E-state index >= 15 is 0 Å². The molecule has 0 fully saturated rings. The molecule has 0 aliphatic carbocycles. The Morgan fingerprint density at radius 3 is 2.29 bits per heavy atom. The summed E-state index contributed by atoms with van der Waals surface area (Å²) in [6, 6.07) is 6.03. The molecule has 0 radical (unpaired) electrons. The number of rotatable bonds is 5. The van der Waals surface area contributed by atoms with Crippen LogP contribution in [0.5, 0.6) is 5.75 Å². The molecule has 0 spiro atoms. The number of hydrogen-bond donors (Lipinski definition) is 0. The van der Waals surface area contributed by atoms with Crippen molar-refractivity contribution >= 4 is 0 Å². The standard InChI is InChI=1S/C10H7FN4O6/c1-20-7-4-2-6(3-5-7)8-12-9(21-13-8)10(11,14(16)17)15(18)19/h2-5H,1H3. The van der Waals surface area contributed by atoms with Crippen molar-refractivity contribution in [2.75, 3.05) is 7.11 Å². The number of nitrogens with zero attached hydrogens (tertiary/aromatic N) is 4. The van der Waals surface area contributed by atoms with E-state index in [2.05, 4.69) is 14.7 Å². The minimum absolute atomic E-state index is 0.224. The molecular formula is C10H7FN4O6. The van der Waals surface area contributed by atoms with E-state index in [0.717, 1.165) is 0 Å². The Hall–Kier alpha value is -3.11. The second-order valence-electron chi connectivity index (χ2n) is 3.75. The lowest BCUT2D eigenvalue weighted by Crippen LogP contribution is -2.39. The summed E-state index contributed by atoms with van der Waals surface area (Å²) in [5.41, 5.74) is 0.319. The lowest BCUT2D eigenvalue weighted by Gasteiger charge is -2.01. The highest BCUT2D eigenvalue weighted by atomic mass is 19.2. The number of aromatic nitrogens is 2. The third-order valence-corrected chi connectivity index (χ3v) is 2.53. The van der Waals surface area contributed by atoms with Crippen molar-refractivity contribution in [1.29, 1.82) is 0 Å². The second-order valence-corrected chi connectivity index (χ2v) is 3.75. The van der Waals surface area contributed by atoms with Gasteiger partial charge in [0.1, 0.15) is 15.6 Å². The molecular weight excluding hydrogens is 291 g/mol. The molecule has 0 amide bonds. The monoisotopic (exact) mass is 298 g/mol. The molecule has 0 aliphatic heterocycles. The van der Waals surface area contributed by atoms with E-state index in [4.69, 9.17) is 4.74 Å². The van der Waals surface area contributed by atoms with E-state index in [-0.39, 0.29) is 5.82 Å². The minimum Gasteiger partial charge on any atom is -0.497 e. The van der Waals surface area contributed by atoms with Gasteiger partial charge in [0.2, 0.25) is 5.82 Å².